The van der Waals surface area contributed by atoms with Gasteiger partial charge in [-0.3, -0.25) is 14.4 Å². The molecule has 3 fully saturated rings. The van der Waals surface area contributed by atoms with Crippen LogP contribution in [0.25, 0.3) is 0 Å². The molecule has 0 radical (unpaired) electrons. The van der Waals surface area contributed by atoms with Crippen molar-refractivity contribution in [3.63, 3.8) is 0 Å². The van der Waals surface area contributed by atoms with E-state index in [0.717, 1.165) is 31.2 Å². The van der Waals surface area contributed by atoms with Crippen molar-refractivity contribution in [3.8, 4) is 0 Å². The minimum Gasteiger partial charge on any atom is -0.394 e. The highest BCUT2D eigenvalue weighted by molar-refractivity contribution is 8.02. The maximum absolute atomic E-state index is 14.8. The number of thioether (sulfide) groups is 1. The van der Waals surface area contributed by atoms with E-state index >= 15 is 0 Å². The van der Waals surface area contributed by atoms with E-state index in [1.54, 1.807) is 28.8 Å². The van der Waals surface area contributed by atoms with Crippen LogP contribution in [0.1, 0.15) is 65.4 Å². The van der Waals surface area contributed by atoms with Crippen molar-refractivity contribution in [1.29, 1.82) is 0 Å². The normalized spacial score (nSPS) is 29.2. The molecule has 0 aromatic heterocycles. The van der Waals surface area contributed by atoms with E-state index in [1.807, 2.05) is 47.1 Å². The van der Waals surface area contributed by atoms with Crippen molar-refractivity contribution >= 4 is 29.5 Å². The van der Waals surface area contributed by atoms with E-state index in [9.17, 15) is 19.5 Å². The van der Waals surface area contributed by atoms with E-state index in [1.165, 1.54) is 0 Å². The molecule has 3 aliphatic heterocycles. The topological polar surface area (TPSA) is 81.2 Å². The van der Waals surface area contributed by atoms with Crippen LogP contribution in [0.15, 0.2) is 55.6 Å². The van der Waals surface area contributed by atoms with Crippen molar-refractivity contribution in [2.75, 3.05) is 26.2 Å². The number of amides is 3. The molecule has 230 valence electrons. The molecule has 3 heterocycles. The lowest BCUT2D eigenvalue weighted by Gasteiger charge is -2.41. The molecular weight excluding hydrogens is 546 g/mol. The van der Waals surface area contributed by atoms with Crippen molar-refractivity contribution in [3.05, 3.63) is 61.2 Å². The minimum absolute atomic E-state index is 0.0226. The zero-order chi connectivity index (χ0) is 30.7. The lowest BCUT2D eigenvalue weighted by atomic mass is 9.66. The summed E-state index contributed by atoms with van der Waals surface area (Å²) in [6.07, 6.45) is 7.94. The fourth-order valence-electron chi connectivity index (χ4n) is 7.82. The Morgan fingerprint density at radius 2 is 1.81 bits per heavy atom. The third-order valence-electron chi connectivity index (χ3n) is 9.63. The van der Waals surface area contributed by atoms with Crippen LogP contribution in [0.4, 0.5) is 0 Å². The number of hydrogen-bond acceptors (Lipinski definition) is 5. The molecule has 4 rings (SSSR count). The molecule has 7 atom stereocenters. The summed E-state index contributed by atoms with van der Waals surface area (Å²) in [5.41, 5.74) is 0.990. The van der Waals surface area contributed by atoms with Crippen molar-refractivity contribution in [2.24, 2.45) is 11.8 Å². The molecule has 3 aliphatic rings. The van der Waals surface area contributed by atoms with Crippen LogP contribution in [0.3, 0.4) is 0 Å². The third kappa shape index (κ3) is 5.57. The molecule has 3 amide bonds. The van der Waals surface area contributed by atoms with E-state index in [0.29, 0.717) is 32.5 Å². The summed E-state index contributed by atoms with van der Waals surface area (Å²) in [5.74, 6) is -1.45. The summed E-state index contributed by atoms with van der Waals surface area (Å²) in [6.45, 7) is 17.2. The first kappa shape index (κ1) is 32.3. The number of carbonyl (C=O) groups excluding carboxylic acids is 3. The fraction of sp³-hybridized carbons (Fsp3) is 0.618. The van der Waals surface area contributed by atoms with E-state index < -0.39 is 33.4 Å². The molecule has 0 aliphatic carbocycles. The number of likely N-dealkylation sites (tertiary alicyclic amines) is 1. The summed E-state index contributed by atoms with van der Waals surface area (Å²) < 4.78 is -1.17. The highest BCUT2D eigenvalue weighted by Crippen LogP contribution is 2.72. The van der Waals surface area contributed by atoms with Gasteiger partial charge in [-0.25, -0.2) is 0 Å². The lowest BCUT2D eigenvalue weighted by Crippen LogP contribution is -2.59. The fourth-order valence-corrected chi connectivity index (χ4v) is 10.2. The Kier molecular flexibility index (Phi) is 10.3. The second kappa shape index (κ2) is 13.4. The van der Waals surface area contributed by atoms with Gasteiger partial charge in [-0.05, 0) is 51.5 Å². The Hall–Kier alpha value is -2.58. The van der Waals surface area contributed by atoms with Gasteiger partial charge in [0.1, 0.15) is 6.04 Å². The number of benzene rings is 1. The van der Waals surface area contributed by atoms with E-state index in [-0.39, 0.29) is 30.4 Å². The molecule has 1 N–H and O–H groups in total. The Balaban J connectivity index is 1.83. The first-order chi connectivity index (χ1) is 20.1. The zero-order valence-corrected chi connectivity index (χ0v) is 26.7. The van der Waals surface area contributed by atoms with Crippen LogP contribution in [-0.4, -0.2) is 91.4 Å². The molecule has 8 heteroatoms. The van der Waals surface area contributed by atoms with Crippen molar-refractivity contribution in [1.82, 2.24) is 14.7 Å². The molecule has 7 nitrogen and oxygen atoms in total. The predicted molar refractivity (Wildman–Crippen MR) is 170 cm³/mol. The maximum Gasteiger partial charge on any atom is 0.247 e. The Bertz CT molecular complexity index is 1160. The quantitative estimate of drug-likeness (QED) is 0.298. The number of fused-ring (bicyclic) bond motifs is 1. The van der Waals surface area contributed by atoms with Crippen molar-refractivity contribution in [2.45, 2.75) is 93.8 Å². The molecule has 0 saturated carbocycles. The largest absolute Gasteiger partial charge is 0.394 e. The monoisotopic (exact) mass is 595 g/mol. The highest BCUT2D eigenvalue weighted by atomic mass is 32.2. The summed E-state index contributed by atoms with van der Waals surface area (Å²) in [6, 6.07) is 8.42. The summed E-state index contributed by atoms with van der Waals surface area (Å²) in [5, 5.41) is 10.8. The number of rotatable bonds is 15. The summed E-state index contributed by atoms with van der Waals surface area (Å²) >= 11 is 1.69. The SMILES string of the molecule is C=CCN(CCC)C(=O)[C@H]1[C@H]2C(=O)N([C@@H](CO)Cc3ccccc3)C(C(=O)N(CC=C)C(C)CCC)C23CC[C@]1(C)S3. The molecule has 1 spiro atoms. The van der Waals surface area contributed by atoms with Gasteiger partial charge < -0.3 is 19.8 Å². The lowest BCUT2D eigenvalue weighted by molar-refractivity contribution is -0.148. The van der Waals surface area contributed by atoms with E-state index in [2.05, 4.69) is 33.9 Å². The second-order valence-corrected chi connectivity index (χ2v) is 14.4. The molecule has 3 saturated heterocycles. The Morgan fingerprint density at radius 1 is 1.12 bits per heavy atom. The van der Waals surface area contributed by atoms with Crippen molar-refractivity contribution < 1.29 is 19.5 Å². The molecule has 3 unspecified atom stereocenters. The van der Waals surface area contributed by atoms with Gasteiger partial charge in [-0.2, -0.15) is 0 Å². The van der Waals surface area contributed by atoms with Gasteiger partial charge in [-0.1, -0.05) is 62.8 Å². The number of nitrogens with zero attached hydrogens (tertiary/aromatic N) is 3. The van der Waals surface area contributed by atoms with Gasteiger partial charge in [0, 0.05) is 30.4 Å². The predicted octanol–water partition coefficient (Wildman–Crippen LogP) is 4.70. The maximum atomic E-state index is 14.8. The molecule has 1 aromatic carbocycles. The van der Waals surface area contributed by atoms with Crippen LogP contribution in [0.2, 0.25) is 0 Å². The van der Waals surface area contributed by atoms with Gasteiger partial charge in [0.15, 0.2) is 0 Å². The zero-order valence-electron chi connectivity index (χ0n) is 25.8. The summed E-state index contributed by atoms with van der Waals surface area (Å²) in [4.78, 5) is 49.2. The molecule has 42 heavy (non-hydrogen) atoms. The van der Waals surface area contributed by atoms with Gasteiger partial charge in [0.2, 0.25) is 17.7 Å². The van der Waals surface area contributed by atoms with E-state index in [4.69, 9.17) is 0 Å². The first-order valence-electron chi connectivity index (χ1n) is 15.6. The van der Waals surface area contributed by atoms with Gasteiger partial charge in [-0.15, -0.1) is 24.9 Å². The Morgan fingerprint density at radius 3 is 2.40 bits per heavy atom. The Labute approximate surface area is 256 Å². The molecule has 1 aromatic rings. The second-order valence-electron chi connectivity index (χ2n) is 12.5. The van der Waals surface area contributed by atoms with Crippen LogP contribution in [0, 0.1) is 11.8 Å². The highest BCUT2D eigenvalue weighted by Gasteiger charge is 2.78. The van der Waals surface area contributed by atoms with Crippen LogP contribution in [-0.2, 0) is 20.8 Å². The first-order valence-corrected chi connectivity index (χ1v) is 16.4. The number of carbonyl (C=O) groups is 3. The van der Waals surface area contributed by atoms with Crippen LogP contribution < -0.4 is 0 Å². The molecule has 2 bridgehead atoms. The minimum atomic E-state index is -0.765. The number of aliphatic hydroxyl groups is 1. The van der Waals surface area contributed by atoms with Crippen LogP contribution >= 0.6 is 11.8 Å². The number of hydrogen-bond donors (Lipinski definition) is 1. The number of aliphatic hydroxyl groups excluding tert-OH is 1. The standard InChI is InChI=1S/C34H49N3O4S/c1-7-14-24(5)36(21-10-4)32(41)29-34-18-17-33(6,42-34)27(30(39)35(19-8-2)20-9-3)28(34)31(40)37(29)26(23-38)22-25-15-12-11-13-16-25/h8,10-13,15-16,24,26-29,38H,2,4,7,9,14,17-23H2,1,3,5-6H3/t24?,26-,27-,28+,29?,33+,34?/m1/s1. The summed E-state index contributed by atoms with van der Waals surface area (Å²) in [7, 11) is 0. The average Bonchev–Trinajstić information content (AvgIpc) is 3.55. The third-order valence-corrected chi connectivity index (χ3v) is 11.6. The van der Waals surface area contributed by atoms with Crippen LogP contribution in [0.5, 0.6) is 0 Å². The smallest absolute Gasteiger partial charge is 0.247 e. The van der Waals surface area contributed by atoms with Gasteiger partial charge >= 0.3 is 0 Å². The van der Waals surface area contributed by atoms with Gasteiger partial charge in [0.25, 0.3) is 0 Å². The molecular formula is C34H49N3O4S. The van der Waals surface area contributed by atoms with Gasteiger partial charge in [0.05, 0.1) is 29.2 Å². The average molecular weight is 596 g/mol.